The van der Waals surface area contributed by atoms with Gasteiger partial charge in [-0.25, -0.2) is 0 Å². The van der Waals surface area contributed by atoms with Gasteiger partial charge in [0.2, 0.25) is 0 Å². The Morgan fingerprint density at radius 3 is 2.35 bits per heavy atom. The Morgan fingerprint density at radius 1 is 0.950 bits per heavy atom. The third-order valence-corrected chi connectivity index (χ3v) is 3.83. The summed E-state index contributed by atoms with van der Waals surface area (Å²) >= 11 is 0. The number of anilines is 2. The first-order valence-electron chi connectivity index (χ1n) is 7.39. The van der Waals surface area contributed by atoms with Gasteiger partial charge in [-0.15, -0.1) is 0 Å². The summed E-state index contributed by atoms with van der Waals surface area (Å²) in [6.07, 6.45) is 7.37. The summed E-state index contributed by atoms with van der Waals surface area (Å²) in [5, 5.41) is 3.47. The lowest BCUT2D eigenvalue weighted by Crippen LogP contribution is -2.17. The first-order chi connectivity index (χ1) is 9.92. The van der Waals surface area contributed by atoms with Gasteiger partial charge in [-0.05, 0) is 61.2 Å². The van der Waals surface area contributed by atoms with E-state index >= 15 is 0 Å². The molecule has 0 spiro atoms. The number of nitrogens with one attached hydrogen (secondary N) is 1. The molecule has 3 heteroatoms. The molecule has 1 N–H and O–H groups in total. The Morgan fingerprint density at radius 2 is 1.65 bits per heavy atom. The predicted molar refractivity (Wildman–Crippen MR) is 84.3 cm³/mol. The third-order valence-electron chi connectivity index (χ3n) is 3.83. The van der Waals surface area contributed by atoms with E-state index in [0.717, 1.165) is 13.0 Å². The van der Waals surface area contributed by atoms with Crippen LogP contribution in [-0.4, -0.2) is 24.6 Å². The van der Waals surface area contributed by atoms with Gasteiger partial charge in [0.15, 0.2) is 0 Å². The zero-order chi connectivity index (χ0) is 13.6. The van der Waals surface area contributed by atoms with Crippen LogP contribution in [0.25, 0.3) is 0 Å². The average molecular weight is 267 g/mol. The average Bonchev–Trinajstić information content (AvgIpc) is 3.03. The second-order valence-electron chi connectivity index (χ2n) is 5.27. The second kappa shape index (κ2) is 6.42. The molecule has 1 saturated heterocycles. The lowest BCUT2D eigenvalue weighted by Gasteiger charge is -2.18. The van der Waals surface area contributed by atoms with Crippen molar-refractivity contribution in [1.82, 2.24) is 4.98 Å². The number of nitrogens with zero attached hydrogens (tertiary/aromatic N) is 2. The van der Waals surface area contributed by atoms with E-state index < -0.39 is 0 Å². The van der Waals surface area contributed by atoms with Crippen LogP contribution < -0.4 is 10.2 Å². The molecule has 3 nitrogen and oxygen atoms in total. The van der Waals surface area contributed by atoms with Crippen molar-refractivity contribution in [2.24, 2.45) is 0 Å². The van der Waals surface area contributed by atoms with Gasteiger partial charge in [-0.1, -0.05) is 0 Å². The second-order valence-corrected chi connectivity index (χ2v) is 5.27. The molecule has 0 amide bonds. The molecule has 104 valence electrons. The molecule has 2 heterocycles. The summed E-state index contributed by atoms with van der Waals surface area (Å²) in [6.45, 7) is 3.36. The van der Waals surface area contributed by atoms with Crippen molar-refractivity contribution in [2.45, 2.75) is 19.3 Å². The molecule has 0 atom stereocenters. The van der Waals surface area contributed by atoms with E-state index in [0.29, 0.717) is 0 Å². The molecule has 1 aliphatic rings. The Hall–Kier alpha value is -2.03. The van der Waals surface area contributed by atoms with Gasteiger partial charge in [-0.3, -0.25) is 4.98 Å². The van der Waals surface area contributed by atoms with Crippen LogP contribution in [0.4, 0.5) is 11.4 Å². The molecular formula is C17H21N3. The van der Waals surface area contributed by atoms with E-state index in [9.17, 15) is 0 Å². The number of hydrogen-bond acceptors (Lipinski definition) is 3. The molecule has 0 aliphatic carbocycles. The molecule has 1 aromatic heterocycles. The minimum atomic E-state index is 0.951. The summed E-state index contributed by atoms with van der Waals surface area (Å²) in [6, 6.07) is 12.9. The lowest BCUT2D eigenvalue weighted by atomic mass is 10.2. The molecule has 0 unspecified atom stereocenters. The largest absolute Gasteiger partial charge is 0.385 e. The standard InChI is InChI=1S/C17H21N3/c1-2-14-20(13-1)17-5-3-16(4-6-17)19-12-9-15-7-10-18-11-8-15/h3-8,10-11,19H,1-2,9,12-14H2. The van der Waals surface area contributed by atoms with Crippen LogP contribution in [0.15, 0.2) is 48.8 Å². The van der Waals surface area contributed by atoms with E-state index in [1.54, 1.807) is 0 Å². The van der Waals surface area contributed by atoms with Crippen LogP contribution in [0.5, 0.6) is 0 Å². The first-order valence-corrected chi connectivity index (χ1v) is 7.39. The number of aromatic nitrogens is 1. The van der Waals surface area contributed by atoms with Crippen LogP contribution in [-0.2, 0) is 6.42 Å². The summed E-state index contributed by atoms with van der Waals surface area (Å²) in [5.41, 5.74) is 3.87. The molecule has 20 heavy (non-hydrogen) atoms. The minimum absolute atomic E-state index is 0.951. The fraction of sp³-hybridized carbons (Fsp3) is 0.353. The topological polar surface area (TPSA) is 28.2 Å². The van der Waals surface area contributed by atoms with Crippen LogP contribution in [0, 0.1) is 0 Å². The van der Waals surface area contributed by atoms with Gasteiger partial charge in [0.1, 0.15) is 0 Å². The molecule has 2 aromatic rings. The summed E-state index contributed by atoms with van der Waals surface area (Å²) < 4.78 is 0. The molecular weight excluding hydrogens is 246 g/mol. The summed E-state index contributed by atoms with van der Waals surface area (Å²) in [4.78, 5) is 6.49. The van der Waals surface area contributed by atoms with Crippen molar-refractivity contribution in [2.75, 3.05) is 29.9 Å². The van der Waals surface area contributed by atoms with Gasteiger partial charge in [0, 0.05) is 43.4 Å². The Kier molecular flexibility index (Phi) is 4.16. The summed E-state index contributed by atoms with van der Waals surface area (Å²) in [5.74, 6) is 0. The van der Waals surface area contributed by atoms with Crippen LogP contribution in [0.3, 0.4) is 0 Å². The molecule has 3 rings (SSSR count). The van der Waals surface area contributed by atoms with E-state index in [4.69, 9.17) is 0 Å². The molecule has 0 bridgehead atoms. The van der Waals surface area contributed by atoms with E-state index in [-0.39, 0.29) is 0 Å². The Labute approximate surface area is 120 Å². The fourth-order valence-corrected chi connectivity index (χ4v) is 2.67. The SMILES string of the molecule is c1cc(CCNc2ccc(N3CCCC3)cc2)ccn1. The van der Waals surface area contributed by atoms with Gasteiger partial charge >= 0.3 is 0 Å². The van der Waals surface area contributed by atoms with Crippen LogP contribution in [0.2, 0.25) is 0 Å². The predicted octanol–water partition coefficient (Wildman–Crippen LogP) is 3.34. The maximum absolute atomic E-state index is 4.03. The lowest BCUT2D eigenvalue weighted by molar-refractivity contribution is 0.949. The van der Waals surface area contributed by atoms with Crippen molar-refractivity contribution in [1.29, 1.82) is 0 Å². The summed E-state index contributed by atoms with van der Waals surface area (Å²) in [7, 11) is 0. The van der Waals surface area contributed by atoms with E-state index in [1.165, 1.54) is 42.9 Å². The number of hydrogen-bond donors (Lipinski definition) is 1. The highest BCUT2D eigenvalue weighted by Crippen LogP contribution is 2.21. The van der Waals surface area contributed by atoms with Crippen molar-refractivity contribution >= 4 is 11.4 Å². The number of pyridine rings is 1. The maximum Gasteiger partial charge on any atom is 0.0367 e. The maximum atomic E-state index is 4.03. The number of rotatable bonds is 5. The molecule has 0 radical (unpaired) electrons. The monoisotopic (exact) mass is 267 g/mol. The highest BCUT2D eigenvalue weighted by atomic mass is 15.1. The van der Waals surface area contributed by atoms with Gasteiger partial charge in [-0.2, -0.15) is 0 Å². The zero-order valence-corrected chi connectivity index (χ0v) is 11.8. The normalized spacial score (nSPS) is 14.5. The van der Waals surface area contributed by atoms with Crippen molar-refractivity contribution in [3.63, 3.8) is 0 Å². The molecule has 1 fully saturated rings. The Balaban J connectivity index is 1.50. The molecule has 1 aliphatic heterocycles. The van der Waals surface area contributed by atoms with Gasteiger partial charge in [0.25, 0.3) is 0 Å². The van der Waals surface area contributed by atoms with Gasteiger partial charge in [0.05, 0.1) is 0 Å². The van der Waals surface area contributed by atoms with Crippen molar-refractivity contribution in [3.05, 3.63) is 54.4 Å². The Bertz CT molecular complexity index is 516. The van der Waals surface area contributed by atoms with Crippen LogP contribution in [0.1, 0.15) is 18.4 Å². The number of benzene rings is 1. The highest BCUT2D eigenvalue weighted by molar-refractivity contribution is 5.55. The van der Waals surface area contributed by atoms with E-state index in [1.807, 2.05) is 12.4 Å². The van der Waals surface area contributed by atoms with Gasteiger partial charge < -0.3 is 10.2 Å². The first kappa shape index (κ1) is 13.0. The highest BCUT2D eigenvalue weighted by Gasteiger charge is 2.11. The van der Waals surface area contributed by atoms with Crippen molar-refractivity contribution < 1.29 is 0 Å². The molecule has 1 aromatic carbocycles. The zero-order valence-electron chi connectivity index (χ0n) is 11.8. The quantitative estimate of drug-likeness (QED) is 0.900. The molecule has 0 saturated carbocycles. The van der Waals surface area contributed by atoms with E-state index in [2.05, 4.69) is 51.6 Å². The van der Waals surface area contributed by atoms with Crippen LogP contribution >= 0.6 is 0 Å². The fourth-order valence-electron chi connectivity index (χ4n) is 2.67. The van der Waals surface area contributed by atoms with Crippen molar-refractivity contribution in [3.8, 4) is 0 Å². The third kappa shape index (κ3) is 3.29. The smallest absolute Gasteiger partial charge is 0.0367 e. The minimum Gasteiger partial charge on any atom is -0.385 e.